The highest BCUT2D eigenvalue weighted by Crippen LogP contribution is 2.25. The number of piperazine rings is 1. The van der Waals surface area contributed by atoms with Crippen molar-refractivity contribution in [1.29, 1.82) is 0 Å². The first-order chi connectivity index (χ1) is 13.0. The van der Waals surface area contributed by atoms with Gasteiger partial charge in [-0.1, -0.05) is 48.5 Å². The van der Waals surface area contributed by atoms with Gasteiger partial charge in [-0.2, -0.15) is 0 Å². The summed E-state index contributed by atoms with van der Waals surface area (Å²) in [5.41, 5.74) is 3.27. The quantitative estimate of drug-likeness (QED) is 0.716. The SMILES string of the molecule is C=C(C)N1CCN(c2ccccc2CC(=O)COc2ccccc2Cl)CC1. The number of halogens is 1. The number of hydrogen-bond donors (Lipinski definition) is 0. The van der Waals surface area contributed by atoms with E-state index in [0.717, 1.165) is 43.1 Å². The van der Waals surface area contributed by atoms with Gasteiger partial charge in [-0.05, 0) is 30.7 Å². The van der Waals surface area contributed by atoms with Crippen LogP contribution in [0.5, 0.6) is 5.75 Å². The summed E-state index contributed by atoms with van der Waals surface area (Å²) in [6.45, 7) is 9.84. The van der Waals surface area contributed by atoms with Crippen LogP contribution >= 0.6 is 11.6 Å². The molecule has 0 atom stereocenters. The Kier molecular flexibility index (Phi) is 6.40. The highest BCUT2D eigenvalue weighted by molar-refractivity contribution is 6.32. The molecule has 1 fully saturated rings. The second-order valence-electron chi connectivity index (χ2n) is 6.77. The number of ether oxygens (including phenoxy) is 1. The van der Waals surface area contributed by atoms with Crippen LogP contribution < -0.4 is 9.64 Å². The molecule has 2 aromatic rings. The van der Waals surface area contributed by atoms with Gasteiger partial charge < -0.3 is 14.5 Å². The minimum atomic E-state index is 0.0154. The third-order valence-corrected chi connectivity index (χ3v) is 5.08. The molecule has 0 aromatic heterocycles. The maximum Gasteiger partial charge on any atom is 0.174 e. The van der Waals surface area contributed by atoms with E-state index in [4.69, 9.17) is 16.3 Å². The number of anilines is 1. The fraction of sp³-hybridized carbons (Fsp3) is 0.318. The number of para-hydroxylation sites is 2. The van der Waals surface area contributed by atoms with Gasteiger partial charge in [-0.3, -0.25) is 4.79 Å². The Morgan fingerprint density at radius 3 is 2.44 bits per heavy atom. The zero-order valence-corrected chi connectivity index (χ0v) is 16.4. The fourth-order valence-corrected chi connectivity index (χ4v) is 3.47. The minimum absolute atomic E-state index is 0.0154. The van der Waals surface area contributed by atoms with Gasteiger partial charge in [-0.15, -0.1) is 0 Å². The highest BCUT2D eigenvalue weighted by atomic mass is 35.5. The molecule has 1 heterocycles. The van der Waals surface area contributed by atoms with Crippen molar-refractivity contribution in [3.63, 3.8) is 0 Å². The van der Waals surface area contributed by atoms with Crippen LogP contribution in [0.2, 0.25) is 5.02 Å². The lowest BCUT2D eigenvalue weighted by atomic mass is 10.1. The summed E-state index contributed by atoms with van der Waals surface area (Å²) in [4.78, 5) is 17.1. The molecule has 0 spiro atoms. The molecule has 0 radical (unpaired) electrons. The molecule has 0 N–H and O–H groups in total. The molecule has 0 aliphatic carbocycles. The molecule has 1 saturated heterocycles. The van der Waals surface area contributed by atoms with E-state index in [1.54, 1.807) is 12.1 Å². The Morgan fingerprint density at radius 2 is 1.74 bits per heavy atom. The van der Waals surface area contributed by atoms with E-state index >= 15 is 0 Å². The summed E-state index contributed by atoms with van der Waals surface area (Å²) in [6, 6.07) is 15.3. The molecule has 3 rings (SSSR count). The summed E-state index contributed by atoms with van der Waals surface area (Å²) in [6.07, 6.45) is 0.349. The maximum atomic E-state index is 12.5. The van der Waals surface area contributed by atoms with Gasteiger partial charge in [0.15, 0.2) is 5.78 Å². The average Bonchev–Trinajstić information content (AvgIpc) is 2.68. The molecule has 142 valence electrons. The zero-order valence-electron chi connectivity index (χ0n) is 15.7. The fourth-order valence-electron chi connectivity index (χ4n) is 3.28. The molecule has 4 nitrogen and oxygen atoms in total. The second kappa shape index (κ2) is 8.96. The van der Waals surface area contributed by atoms with Crippen LogP contribution in [0.1, 0.15) is 12.5 Å². The van der Waals surface area contributed by atoms with Gasteiger partial charge in [0.25, 0.3) is 0 Å². The van der Waals surface area contributed by atoms with Gasteiger partial charge in [0, 0.05) is 44.0 Å². The van der Waals surface area contributed by atoms with Crippen molar-refractivity contribution in [2.75, 3.05) is 37.7 Å². The summed E-state index contributed by atoms with van der Waals surface area (Å²) in [5.74, 6) is 0.569. The molecule has 0 amide bonds. The van der Waals surface area contributed by atoms with E-state index in [1.165, 1.54) is 0 Å². The van der Waals surface area contributed by atoms with Gasteiger partial charge in [0.1, 0.15) is 12.4 Å². The Balaban J connectivity index is 1.61. The number of allylic oxidation sites excluding steroid dienone is 1. The van der Waals surface area contributed by atoms with Crippen LogP contribution in [0.3, 0.4) is 0 Å². The number of rotatable bonds is 7. The van der Waals surface area contributed by atoms with Crippen LogP contribution in [0, 0.1) is 0 Å². The van der Waals surface area contributed by atoms with Crippen LogP contribution in [0.4, 0.5) is 5.69 Å². The standard InChI is InChI=1S/C22H25ClN2O2/c1-17(2)24-11-13-25(14-12-24)21-9-5-3-7-18(21)15-19(26)16-27-22-10-6-4-8-20(22)23/h3-10H,1,11-16H2,2H3. The van der Waals surface area contributed by atoms with Crippen molar-refractivity contribution in [3.8, 4) is 5.75 Å². The van der Waals surface area contributed by atoms with Gasteiger partial charge in [0.05, 0.1) is 5.02 Å². The highest BCUT2D eigenvalue weighted by Gasteiger charge is 2.19. The van der Waals surface area contributed by atoms with Crippen LogP contribution in [0.25, 0.3) is 0 Å². The summed E-state index contributed by atoms with van der Waals surface area (Å²) < 4.78 is 5.59. The van der Waals surface area contributed by atoms with Crippen molar-refractivity contribution >= 4 is 23.1 Å². The van der Waals surface area contributed by atoms with Crippen molar-refractivity contribution in [2.45, 2.75) is 13.3 Å². The largest absolute Gasteiger partial charge is 0.484 e. The van der Waals surface area contributed by atoms with E-state index < -0.39 is 0 Å². The van der Waals surface area contributed by atoms with Crippen LogP contribution in [-0.2, 0) is 11.2 Å². The summed E-state index contributed by atoms with van der Waals surface area (Å²) in [7, 11) is 0. The van der Waals surface area contributed by atoms with E-state index in [-0.39, 0.29) is 12.4 Å². The van der Waals surface area contributed by atoms with Crippen LogP contribution in [-0.4, -0.2) is 43.5 Å². The van der Waals surface area contributed by atoms with Crippen molar-refractivity contribution in [2.24, 2.45) is 0 Å². The van der Waals surface area contributed by atoms with Gasteiger partial charge >= 0.3 is 0 Å². The molecule has 5 heteroatoms. The smallest absolute Gasteiger partial charge is 0.174 e. The summed E-state index contributed by atoms with van der Waals surface area (Å²) in [5, 5.41) is 0.515. The Morgan fingerprint density at radius 1 is 1.07 bits per heavy atom. The minimum Gasteiger partial charge on any atom is -0.484 e. The number of benzene rings is 2. The molecule has 1 aliphatic rings. The molecule has 0 unspecified atom stereocenters. The first-order valence-corrected chi connectivity index (χ1v) is 9.54. The molecule has 2 aromatic carbocycles. The second-order valence-corrected chi connectivity index (χ2v) is 7.18. The molecule has 0 bridgehead atoms. The Labute approximate surface area is 166 Å². The molecular weight excluding hydrogens is 360 g/mol. The summed E-state index contributed by atoms with van der Waals surface area (Å²) >= 11 is 6.08. The van der Waals surface area contributed by atoms with E-state index in [1.807, 2.05) is 37.3 Å². The lowest BCUT2D eigenvalue weighted by Crippen LogP contribution is -2.45. The number of nitrogens with zero attached hydrogens (tertiary/aromatic N) is 2. The molecule has 0 saturated carbocycles. The number of Topliss-reactive ketones (excluding diaryl/α,β-unsaturated/α-hetero) is 1. The Bertz CT molecular complexity index is 813. The van der Waals surface area contributed by atoms with Crippen molar-refractivity contribution in [1.82, 2.24) is 4.90 Å². The van der Waals surface area contributed by atoms with E-state index in [2.05, 4.69) is 22.4 Å². The van der Waals surface area contributed by atoms with E-state index in [0.29, 0.717) is 17.2 Å². The van der Waals surface area contributed by atoms with Gasteiger partial charge in [-0.25, -0.2) is 0 Å². The monoisotopic (exact) mass is 384 g/mol. The number of carbonyl (C=O) groups excluding carboxylic acids is 1. The first kappa shape index (κ1) is 19.3. The number of hydrogen-bond acceptors (Lipinski definition) is 4. The molecular formula is C22H25ClN2O2. The third kappa shape index (κ3) is 5.04. The number of carbonyl (C=O) groups is 1. The van der Waals surface area contributed by atoms with Crippen molar-refractivity contribution < 1.29 is 9.53 Å². The lowest BCUT2D eigenvalue weighted by molar-refractivity contribution is -0.120. The molecule has 27 heavy (non-hydrogen) atoms. The Hall–Kier alpha value is -2.46. The van der Waals surface area contributed by atoms with Crippen LogP contribution in [0.15, 0.2) is 60.8 Å². The predicted molar refractivity (Wildman–Crippen MR) is 111 cm³/mol. The first-order valence-electron chi connectivity index (χ1n) is 9.17. The normalized spacial score (nSPS) is 14.1. The average molecular weight is 385 g/mol. The number of ketones is 1. The maximum absolute atomic E-state index is 12.5. The third-order valence-electron chi connectivity index (χ3n) is 4.76. The topological polar surface area (TPSA) is 32.8 Å². The molecule has 1 aliphatic heterocycles. The zero-order chi connectivity index (χ0) is 19.2. The van der Waals surface area contributed by atoms with E-state index in [9.17, 15) is 4.79 Å². The van der Waals surface area contributed by atoms with Crippen molar-refractivity contribution in [3.05, 3.63) is 71.4 Å². The lowest BCUT2D eigenvalue weighted by Gasteiger charge is -2.38. The predicted octanol–water partition coefficient (Wildman–Crippen LogP) is 4.19. The van der Waals surface area contributed by atoms with Gasteiger partial charge in [0.2, 0.25) is 0 Å².